The monoisotopic (exact) mass is 247 g/mol. The number of rotatable bonds is 3. The van der Waals surface area contributed by atoms with Crippen molar-refractivity contribution in [3.8, 4) is 0 Å². The van der Waals surface area contributed by atoms with Crippen LogP contribution in [0.15, 0.2) is 29.3 Å². The first kappa shape index (κ1) is 12.6. The van der Waals surface area contributed by atoms with E-state index in [-0.39, 0.29) is 12.0 Å². The number of esters is 1. The highest BCUT2D eigenvalue weighted by molar-refractivity contribution is 5.96. The van der Waals surface area contributed by atoms with Gasteiger partial charge in [0.2, 0.25) is 5.90 Å². The highest BCUT2D eigenvalue weighted by Gasteiger charge is 2.22. The van der Waals surface area contributed by atoms with Gasteiger partial charge in [-0.25, -0.2) is 9.79 Å². The SMILES string of the molecule is COC(=O)c1ccc(C2=NC(C(C)C)CO2)cc1. The molecule has 0 aliphatic carbocycles. The Balaban J connectivity index is 2.16. The van der Waals surface area contributed by atoms with Gasteiger partial charge in [-0.3, -0.25) is 0 Å². The van der Waals surface area contributed by atoms with Crippen LogP contribution < -0.4 is 0 Å². The van der Waals surface area contributed by atoms with E-state index in [0.717, 1.165) is 5.56 Å². The first-order valence-electron chi connectivity index (χ1n) is 6.01. The lowest BCUT2D eigenvalue weighted by Crippen LogP contribution is -2.13. The number of carbonyl (C=O) groups is 1. The molecule has 1 aromatic carbocycles. The minimum atomic E-state index is -0.337. The van der Waals surface area contributed by atoms with Crippen LogP contribution in [0.3, 0.4) is 0 Å². The van der Waals surface area contributed by atoms with Crippen molar-refractivity contribution >= 4 is 11.9 Å². The molecule has 1 heterocycles. The quantitative estimate of drug-likeness (QED) is 0.770. The zero-order valence-electron chi connectivity index (χ0n) is 10.8. The van der Waals surface area contributed by atoms with E-state index in [1.807, 2.05) is 12.1 Å². The molecule has 1 atom stereocenters. The maximum absolute atomic E-state index is 11.3. The van der Waals surface area contributed by atoms with Gasteiger partial charge < -0.3 is 9.47 Å². The van der Waals surface area contributed by atoms with Gasteiger partial charge in [0.15, 0.2) is 0 Å². The van der Waals surface area contributed by atoms with Gasteiger partial charge >= 0.3 is 5.97 Å². The summed E-state index contributed by atoms with van der Waals surface area (Å²) in [5, 5.41) is 0. The molecular weight excluding hydrogens is 230 g/mol. The van der Waals surface area contributed by atoms with E-state index in [1.165, 1.54) is 7.11 Å². The number of nitrogens with zero attached hydrogens (tertiary/aromatic N) is 1. The van der Waals surface area contributed by atoms with Crippen molar-refractivity contribution in [1.82, 2.24) is 0 Å². The Morgan fingerprint density at radius 1 is 1.39 bits per heavy atom. The van der Waals surface area contributed by atoms with Crippen LogP contribution in [0.1, 0.15) is 29.8 Å². The molecule has 18 heavy (non-hydrogen) atoms. The van der Waals surface area contributed by atoms with E-state index in [2.05, 4.69) is 23.6 Å². The van der Waals surface area contributed by atoms with Crippen LogP contribution in [0.25, 0.3) is 0 Å². The normalized spacial score (nSPS) is 18.4. The van der Waals surface area contributed by atoms with Crippen molar-refractivity contribution < 1.29 is 14.3 Å². The zero-order chi connectivity index (χ0) is 13.1. The number of hydrogen-bond acceptors (Lipinski definition) is 4. The summed E-state index contributed by atoms with van der Waals surface area (Å²) < 4.78 is 10.2. The van der Waals surface area contributed by atoms with Crippen molar-refractivity contribution in [3.05, 3.63) is 35.4 Å². The highest BCUT2D eigenvalue weighted by atomic mass is 16.5. The van der Waals surface area contributed by atoms with Crippen molar-refractivity contribution in [1.29, 1.82) is 0 Å². The predicted molar refractivity (Wildman–Crippen MR) is 68.9 cm³/mol. The Labute approximate surface area is 107 Å². The molecule has 1 aromatic rings. The first-order valence-corrected chi connectivity index (χ1v) is 6.01. The van der Waals surface area contributed by atoms with Gasteiger partial charge in [-0.05, 0) is 30.2 Å². The molecule has 0 fully saturated rings. The van der Waals surface area contributed by atoms with Crippen molar-refractivity contribution in [2.75, 3.05) is 13.7 Å². The second-order valence-electron chi connectivity index (χ2n) is 4.63. The summed E-state index contributed by atoms with van der Waals surface area (Å²) in [4.78, 5) is 15.8. The first-order chi connectivity index (χ1) is 8.61. The van der Waals surface area contributed by atoms with Crippen molar-refractivity contribution in [2.45, 2.75) is 19.9 Å². The standard InChI is InChI=1S/C14H17NO3/c1-9(2)12-8-18-13(15-12)10-4-6-11(7-5-10)14(16)17-3/h4-7,9,12H,8H2,1-3H3. The molecule has 0 saturated carbocycles. The molecule has 0 bridgehead atoms. The minimum absolute atomic E-state index is 0.222. The number of aliphatic imine (C=N–C) groups is 1. The average Bonchev–Trinajstić information content (AvgIpc) is 2.88. The maximum atomic E-state index is 11.3. The molecule has 1 aliphatic rings. The fourth-order valence-electron chi connectivity index (χ4n) is 1.76. The lowest BCUT2D eigenvalue weighted by atomic mass is 10.1. The maximum Gasteiger partial charge on any atom is 0.337 e. The number of carbonyl (C=O) groups excluding carboxylic acids is 1. The summed E-state index contributed by atoms with van der Waals surface area (Å²) in [5.74, 6) is 0.790. The van der Waals surface area contributed by atoms with Gasteiger partial charge in [0.25, 0.3) is 0 Å². The Bertz CT molecular complexity index is 462. The molecule has 0 amide bonds. The zero-order valence-corrected chi connectivity index (χ0v) is 10.8. The Kier molecular flexibility index (Phi) is 3.65. The third-order valence-electron chi connectivity index (χ3n) is 3.00. The van der Waals surface area contributed by atoms with Gasteiger partial charge in [-0.1, -0.05) is 13.8 Å². The number of benzene rings is 1. The van der Waals surface area contributed by atoms with Gasteiger partial charge in [-0.15, -0.1) is 0 Å². The summed E-state index contributed by atoms with van der Waals surface area (Å²) in [7, 11) is 1.37. The van der Waals surface area contributed by atoms with Crippen LogP contribution in [0, 0.1) is 5.92 Å². The summed E-state index contributed by atoms with van der Waals surface area (Å²) in [6.07, 6.45) is 0. The summed E-state index contributed by atoms with van der Waals surface area (Å²) in [6.45, 7) is 4.88. The van der Waals surface area contributed by atoms with E-state index in [0.29, 0.717) is 24.0 Å². The van der Waals surface area contributed by atoms with Crippen LogP contribution in [-0.4, -0.2) is 31.6 Å². The van der Waals surface area contributed by atoms with E-state index in [1.54, 1.807) is 12.1 Å². The van der Waals surface area contributed by atoms with Gasteiger partial charge in [0, 0.05) is 5.56 Å². The molecule has 0 N–H and O–H groups in total. The Morgan fingerprint density at radius 2 is 2.06 bits per heavy atom. The van der Waals surface area contributed by atoms with Crippen LogP contribution in [-0.2, 0) is 9.47 Å². The molecule has 4 heteroatoms. The molecule has 4 nitrogen and oxygen atoms in total. The Hall–Kier alpha value is -1.84. The van der Waals surface area contributed by atoms with E-state index in [4.69, 9.17) is 4.74 Å². The fraction of sp³-hybridized carbons (Fsp3) is 0.429. The predicted octanol–water partition coefficient (Wildman–Crippen LogP) is 2.27. The van der Waals surface area contributed by atoms with Crippen molar-refractivity contribution in [3.63, 3.8) is 0 Å². The van der Waals surface area contributed by atoms with Gasteiger partial charge in [-0.2, -0.15) is 0 Å². The molecular formula is C14H17NO3. The molecule has 0 saturated heterocycles. The molecule has 1 aliphatic heterocycles. The molecule has 0 spiro atoms. The van der Waals surface area contributed by atoms with Crippen molar-refractivity contribution in [2.24, 2.45) is 10.9 Å². The molecule has 0 aromatic heterocycles. The third kappa shape index (κ3) is 2.53. The number of ether oxygens (including phenoxy) is 2. The van der Waals surface area contributed by atoms with Gasteiger partial charge in [0.05, 0.1) is 18.7 Å². The molecule has 0 radical (unpaired) electrons. The van der Waals surface area contributed by atoms with E-state index >= 15 is 0 Å². The number of hydrogen-bond donors (Lipinski definition) is 0. The molecule has 2 rings (SSSR count). The Morgan fingerprint density at radius 3 is 2.56 bits per heavy atom. The molecule has 96 valence electrons. The minimum Gasteiger partial charge on any atom is -0.475 e. The lowest BCUT2D eigenvalue weighted by Gasteiger charge is -2.06. The van der Waals surface area contributed by atoms with Crippen LogP contribution in [0.2, 0.25) is 0 Å². The molecule has 1 unspecified atom stereocenters. The fourth-order valence-corrected chi connectivity index (χ4v) is 1.76. The second kappa shape index (κ2) is 5.21. The largest absolute Gasteiger partial charge is 0.475 e. The highest BCUT2D eigenvalue weighted by Crippen LogP contribution is 2.18. The van der Waals surface area contributed by atoms with Crippen LogP contribution in [0.4, 0.5) is 0 Å². The smallest absolute Gasteiger partial charge is 0.337 e. The van der Waals surface area contributed by atoms with Crippen LogP contribution in [0.5, 0.6) is 0 Å². The summed E-state index contributed by atoms with van der Waals surface area (Å²) >= 11 is 0. The summed E-state index contributed by atoms with van der Waals surface area (Å²) in [6, 6.07) is 7.31. The summed E-state index contributed by atoms with van der Waals surface area (Å²) in [5.41, 5.74) is 1.42. The topological polar surface area (TPSA) is 47.9 Å². The third-order valence-corrected chi connectivity index (χ3v) is 3.00. The van der Waals surface area contributed by atoms with Crippen LogP contribution >= 0.6 is 0 Å². The lowest BCUT2D eigenvalue weighted by molar-refractivity contribution is 0.0600. The van der Waals surface area contributed by atoms with E-state index < -0.39 is 0 Å². The van der Waals surface area contributed by atoms with Gasteiger partial charge in [0.1, 0.15) is 6.61 Å². The second-order valence-corrected chi connectivity index (χ2v) is 4.63. The van der Waals surface area contributed by atoms with E-state index in [9.17, 15) is 4.79 Å². The number of methoxy groups -OCH3 is 1. The average molecular weight is 247 g/mol.